The molecule has 286 valence electrons. The van der Waals surface area contributed by atoms with Gasteiger partial charge in [-0.2, -0.15) is 0 Å². The summed E-state index contributed by atoms with van der Waals surface area (Å²) in [4.78, 5) is 52.8. The van der Waals surface area contributed by atoms with Gasteiger partial charge in [-0.25, -0.2) is 0 Å². The molecule has 12 nitrogen and oxygen atoms in total. The number of likely N-dealkylation sites (tertiary alicyclic amines) is 2. The van der Waals surface area contributed by atoms with Crippen molar-refractivity contribution in [1.82, 2.24) is 9.80 Å². The number of ketones is 2. The standard InChI is InChI=1S/C21H25NO5.C21H23NO5/c1-11(23)20(25)6-4-13-10-15-14-5-7-21(26,12(2)24)18-19(14,8-9-22(15)3)16(13)17(20)27-18;1-11(23)25-16-6-4-13-10-15-14-5-7-17(26-12(2)24)20-21(14,8-9-22(15)3)18(13)19(16)27-20/h4-5,7,14-15,18,25-26H,6,8-10H2,1-3H3;4-7,14-15,17,20H,8-10H2,1-3H3/t14-,15+,18+,19-,20?,21+;14-,15+,17-,20-,21-/m00/s1. The second-order valence-corrected chi connectivity index (χ2v) is 16.9. The summed E-state index contributed by atoms with van der Waals surface area (Å²) >= 11 is 0. The molecule has 1 unspecified atom stereocenters. The maximum Gasteiger partial charge on any atom is 0.308 e. The normalized spacial score (nSPS) is 41.3. The number of ether oxygens (including phenoxy) is 4. The highest BCUT2D eigenvalue weighted by Crippen LogP contribution is 2.67. The van der Waals surface area contributed by atoms with Crippen molar-refractivity contribution in [3.8, 4) is 11.5 Å². The van der Waals surface area contributed by atoms with Crippen LogP contribution in [0.4, 0.5) is 0 Å². The molecule has 12 heteroatoms. The fourth-order valence-electron chi connectivity index (χ4n) is 11.9. The summed E-state index contributed by atoms with van der Waals surface area (Å²) in [5.41, 5.74) is 0.0517. The fraction of sp³-hybridized carbons (Fsp3) is 0.571. The van der Waals surface area contributed by atoms with E-state index in [9.17, 15) is 29.4 Å². The molecule has 4 bridgehead atoms. The lowest BCUT2D eigenvalue weighted by Gasteiger charge is -2.59. The van der Waals surface area contributed by atoms with Crippen LogP contribution >= 0.6 is 0 Å². The van der Waals surface area contributed by atoms with Gasteiger partial charge < -0.3 is 39.0 Å². The second kappa shape index (κ2) is 11.7. The molecule has 1 aromatic rings. The van der Waals surface area contributed by atoms with E-state index >= 15 is 0 Å². The zero-order chi connectivity index (χ0) is 38.3. The number of carbonyl (C=O) groups excluding carboxylic acids is 4. The van der Waals surface area contributed by atoms with Crippen molar-refractivity contribution in [2.45, 2.75) is 107 Å². The van der Waals surface area contributed by atoms with Crippen molar-refractivity contribution in [3.05, 3.63) is 70.5 Å². The fourth-order valence-corrected chi connectivity index (χ4v) is 11.9. The van der Waals surface area contributed by atoms with Crippen LogP contribution in [0.3, 0.4) is 0 Å². The zero-order valence-corrected chi connectivity index (χ0v) is 31.6. The molecule has 10 rings (SSSR count). The molecule has 0 aromatic heterocycles. The van der Waals surface area contributed by atoms with E-state index < -0.39 is 28.8 Å². The summed E-state index contributed by atoms with van der Waals surface area (Å²) in [6.45, 7) is 7.31. The Balaban J connectivity index is 0.000000142. The number of piperidine rings is 2. The third kappa shape index (κ3) is 4.45. The molecule has 0 radical (unpaired) electrons. The number of hydrogen-bond donors (Lipinski definition) is 2. The topological polar surface area (TPSA) is 152 Å². The van der Waals surface area contributed by atoms with E-state index in [-0.39, 0.29) is 65.1 Å². The highest BCUT2D eigenvalue weighted by atomic mass is 16.6. The van der Waals surface area contributed by atoms with E-state index in [4.69, 9.17) is 18.9 Å². The van der Waals surface area contributed by atoms with E-state index in [1.165, 1.54) is 33.3 Å². The number of nitrogens with zero attached hydrogens (tertiary/aromatic N) is 2. The molecule has 4 heterocycles. The van der Waals surface area contributed by atoms with Crippen molar-refractivity contribution >= 4 is 23.5 Å². The van der Waals surface area contributed by atoms with Crippen LogP contribution in [-0.4, -0.2) is 112 Å². The van der Waals surface area contributed by atoms with Crippen LogP contribution in [0.15, 0.2) is 59.4 Å². The Hall–Kier alpha value is -4.10. The molecule has 4 aliphatic heterocycles. The van der Waals surface area contributed by atoms with Gasteiger partial charge >= 0.3 is 11.9 Å². The SMILES string of the molecule is CC(=O)C1(O)CC=C2C[C@@H]3[C@@H]4C=C[C@@](O)(C(C)=O)[C@@H]5OC1=C2[C@@]54CCN3C.CC(=O)Oc1ccc2c3c1O[C@H]1[C@@H](OC(C)=O)C=C[C@H]4[C@@H](C2)N(C)CC[C@@]341. The number of benzene rings is 1. The Morgan fingerprint density at radius 3 is 2.19 bits per heavy atom. The summed E-state index contributed by atoms with van der Waals surface area (Å²) in [5, 5.41) is 22.5. The van der Waals surface area contributed by atoms with Crippen LogP contribution in [0.25, 0.3) is 0 Å². The average molecular weight is 741 g/mol. The number of esters is 2. The lowest BCUT2D eigenvalue weighted by molar-refractivity contribution is -0.166. The van der Waals surface area contributed by atoms with Crippen molar-refractivity contribution in [2.75, 3.05) is 27.2 Å². The van der Waals surface area contributed by atoms with Crippen molar-refractivity contribution in [1.29, 1.82) is 0 Å². The Kier molecular flexibility index (Phi) is 7.72. The molecule has 2 N–H and O–H groups in total. The Morgan fingerprint density at radius 2 is 1.52 bits per heavy atom. The van der Waals surface area contributed by atoms with Crippen molar-refractivity contribution in [2.24, 2.45) is 17.3 Å². The van der Waals surface area contributed by atoms with E-state index in [1.807, 2.05) is 24.3 Å². The van der Waals surface area contributed by atoms with Gasteiger partial charge in [-0.1, -0.05) is 24.3 Å². The minimum absolute atomic E-state index is 0.0693. The maximum atomic E-state index is 12.4. The first-order valence-electron chi connectivity index (χ1n) is 19.1. The molecule has 1 aromatic carbocycles. The lowest BCUT2D eigenvalue weighted by Crippen LogP contribution is -2.67. The highest BCUT2D eigenvalue weighted by Gasteiger charge is 2.72. The van der Waals surface area contributed by atoms with Gasteiger partial charge in [0.05, 0.1) is 0 Å². The molecule has 11 atom stereocenters. The molecule has 0 amide bonds. The van der Waals surface area contributed by atoms with E-state index in [1.54, 1.807) is 6.08 Å². The van der Waals surface area contributed by atoms with E-state index in [0.29, 0.717) is 24.0 Å². The molecule has 1 saturated carbocycles. The summed E-state index contributed by atoms with van der Waals surface area (Å²) < 4.78 is 23.7. The predicted molar refractivity (Wildman–Crippen MR) is 193 cm³/mol. The van der Waals surface area contributed by atoms with Gasteiger partial charge in [0, 0.05) is 66.2 Å². The van der Waals surface area contributed by atoms with E-state index in [0.717, 1.165) is 49.1 Å². The highest BCUT2D eigenvalue weighted by molar-refractivity contribution is 5.91. The smallest absolute Gasteiger partial charge is 0.308 e. The summed E-state index contributed by atoms with van der Waals surface area (Å²) in [6.07, 6.45) is 11.7. The van der Waals surface area contributed by atoms with E-state index in [2.05, 4.69) is 36.0 Å². The first-order chi connectivity index (χ1) is 25.6. The summed E-state index contributed by atoms with van der Waals surface area (Å²) in [6, 6.07) is 4.52. The number of likely N-dealkylation sites (N-methyl/N-ethyl adjacent to an activating group) is 1. The van der Waals surface area contributed by atoms with Crippen LogP contribution in [0, 0.1) is 17.3 Å². The molecule has 5 aliphatic carbocycles. The minimum Gasteiger partial charge on any atom is -0.486 e. The number of hydrogen-bond acceptors (Lipinski definition) is 12. The minimum atomic E-state index is -1.76. The van der Waals surface area contributed by atoms with Gasteiger partial charge in [0.1, 0.15) is 18.0 Å². The Labute approximate surface area is 314 Å². The first kappa shape index (κ1) is 35.6. The number of Topliss-reactive ketones (excluding diaryl/α,β-unsaturated/α-hetero) is 2. The maximum absolute atomic E-state index is 12.4. The molecular formula is C42H48N2O10. The lowest BCUT2D eigenvalue weighted by atomic mass is 9.49. The monoisotopic (exact) mass is 740 g/mol. The van der Waals surface area contributed by atoms with Crippen molar-refractivity contribution in [3.63, 3.8) is 0 Å². The summed E-state index contributed by atoms with van der Waals surface area (Å²) in [5.74, 6) is 0.299. The molecule has 54 heavy (non-hydrogen) atoms. The number of aliphatic hydroxyl groups is 2. The van der Waals surface area contributed by atoms with Crippen LogP contribution in [0.1, 0.15) is 64.5 Å². The van der Waals surface area contributed by atoms with Gasteiger partial charge in [0.25, 0.3) is 0 Å². The predicted octanol–water partition coefficient (Wildman–Crippen LogP) is 2.88. The van der Waals surface area contributed by atoms with Gasteiger partial charge in [-0.05, 0) is 96.1 Å². The first-order valence-corrected chi connectivity index (χ1v) is 19.1. The molecule has 2 saturated heterocycles. The Morgan fingerprint density at radius 1 is 0.833 bits per heavy atom. The number of rotatable bonds is 4. The molecular weight excluding hydrogens is 692 g/mol. The summed E-state index contributed by atoms with van der Waals surface area (Å²) in [7, 11) is 4.28. The number of carbonyl (C=O) groups is 4. The van der Waals surface area contributed by atoms with Gasteiger partial charge in [0.15, 0.2) is 40.4 Å². The molecule has 3 fully saturated rings. The second-order valence-electron chi connectivity index (χ2n) is 16.9. The largest absolute Gasteiger partial charge is 0.486 e. The van der Waals surface area contributed by atoms with Crippen molar-refractivity contribution < 1.29 is 48.3 Å². The van der Waals surface area contributed by atoms with Gasteiger partial charge in [-0.3, -0.25) is 19.2 Å². The van der Waals surface area contributed by atoms with Gasteiger partial charge in [-0.15, -0.1) is 0 Å². The molecule has 9 aliphatic rings. The third-order valence-electron chi connectivity index (χ3n) is 14.4. The Bertz CT molecular complexity index is 2030. The van der Waals surface area contributed by atoms with Crippen LogP contribution in [0.2, 0.25) is 0 Å². The molecule has 2 spiro atoms. The third-order valence-corrected chi connectivity index (χ3v) is 14.4. The van der Waals surface area contributed by atoms with Gasteiger partial charge in [0.2, 0.25) is 0 Å². The van der Waals surface area contributed by atoms with Crippen LogP contribution in [0.5, 0.6) is 11.5 Å². The quantitative estimate of drug-likeness (QED) is 0.265. The zero-order valence-electron chi connectivity index (χ0n) is 31.6. The average Bonchev–Trinajstić information content (AvgIpc) is 3.66. The van der Waals surface area contributed by atoms with Crippen LogP contribution < -0.4 is 9.47 Å². The van der Waals surface area contributed by atoms with Crippen LogP contribution in [-0.2, 0) is 40.5 Å².